The lowest BCUT2D eigenvalue weighted by Crippen LogP contribution is -2.58. The number of ketones is 1. The Kier molecular flexibility index (Phi) is 4.29. The molecule has 0 bridgehead atoms. The molecule has 3 aromatic rings. The number of rotatable bonds is 3. The predicted octanol–water partition coefficient (Wildman–Crippen LogP) is 4.55. The fraction of sp³-hybridized carbons (Fsp3) is 0.348. The minimum atomic E-state index is -1.06. The molecule has 1 saturated heterocycles. The largest absolute Gasteiger partial charge is 0.351 e. The Morgan fingerprint density at radius 3 is 2.79 bits per heavy atom. The number of hydrogen-bond donors (Lipinski definition) is 0. The van der Waals surface area contributed by atoms with E-state index in [1.54, 1.807) is 0 Å². The van der Waals surface area contributed by atoms with Gasteiger partial charge in [0.15, 0.2) is 5.78 Å². The van der Waals surface area contributed by atoms with Crippen LogP contribution in [-0.4, -0.2) is 28.2 Å². The molecule has 2 aromatic heterocycles. The van der Waals surface area contributed by atoms with Gasteiger partial charge in [-0.1, -0.05) is 24.3 Å². The topological polar surface area (TPSA) is 61.9 Å². The Morgan fingerprint density at radius 1 is 1.24 bits per heavy atom. The van der Waals surface area contributed by atoms with E-state index in [4.69, 9.17) is 5.10 Å². The first-order valence-corrected chi connectivity index (χ1v) is 10.9. The Bertz CT molecular complexity index is 1100. The normalized spacial score (nSPS) is 23.2. The van der Waals surface area contributed by atoms with Crippen molar-refractivity contribution in [2.45, 2.75) is 38.6 Å². The Balaban J connectivity index is 1.70. The van der Waals surface area contributed by atoms with Gasteiger partial charge in [0.25, 0.3) is 0 Å². The fourth-order valence-corrected chi connectivity index (χ4v) is 5.67. The monoisotopic (exact) mass is 402 g/mol. The van der Waals surface area contributed by atoms with Gasteiger partial charge in [-0.3, -0.25) is 4.79 Å². The minimum absolute atomic E-state index is 0.0376. The molecular weight excluding hydrogens is 380 g/mol. The number of aromatic nitrogens is 2. The van der Waals surface area contributed by atoms with Gasteiger partial charge in [-0.25, -0.2) is 4.68 Å². The molecule has 5 nitrogen and oxygen atoms in total. The zero-order valence-electron chi connectivity index (χ0n) is 16.3. The highest BCUT2D eigenvalue weighted by atomic mass is 32.1. The Morgan fingerprint density at radius 2 is 2.07 bits per heavy atom. The van der Waals surface area contributed by atoms with Crippen LogP contribution in [0.3, 0.4) is 0 Å². The van der Waals surface area contributed by atoms with Crippen LogP contribution >= 0.6 is 11.3 Å². The van der Waals surface area contributed by atoms with Crippen LogP contribution in [0.4, 0.5) is 5.82 Å². The van der Waals surface area contributed by atoms with Gasteiger partial charge in [-0.05, 0) is 49.8 Å². The molecule has 0 amide bonds. The van der Waals surface area contributed by atoms with Crippen LogP contribution in [0.5, 0.6) is 0 Å². The number of aryl methyl sites for hydroxylation is 1. The van der Waals surface area contributed by atoms with Gasteiger partial charge in [0.05, 0.1) is 28.4 Å². The summed E-state index contributed by atoms with van der Waals surface area (Å²) in [5.41, 5.74) is 1.87. The molecule has 0 N–H and O–H groups in total. The van der Waals surface area contributed by atoms with Crippen molar-refractivity contribution in [1.29, 1.82) is 5.26 Å². The summed E-state index contributed by atoms with van der Waals surface area (Å²) in [5.74, 6) is 1.02. The van der Waals surface area contributed by atoms with E-state index in [1.807, 2.05) is 47.3 Å². The Hall–Kier alpha value is -2.91. The van der Waals surface area contributed by atoms with Crippen molar-refractivity contribution >= 4 is 22.9 Å². The number of nitriles is 1. The number of para-hydroxylation sites is 1. The van der Waals surface area contributed by atoms with Crippen LogP contribution in [0.2, 0.25) is 0 Å². The standard InChI is InChI=1S/C23H22N4OS/c1-16-18-14-23(15-24,21(28)19-10-7-13-29-19)20-11-5-6-12-26(20)22(18)27(25-16)17-8-3-2-4-9-17/h2-4,7-10,13,20H,5-6,11-12,14H2,1H3/t20-,23+/m0/s1. The van der Waals surface area contributed by atoms with E-state index in [1.165, 1.54) is 11.3 Å². The van der Waals surface area contributed by atoms with E-state index in [2.05, 4.69) is 23.1 Å². The van der Waals surface area contributed by atoms with Gasteiger partial charge >= 0.3 is 0 Å². The first-order valence-electron chi connectivity index (χ1n) is 10.1. The van der Waals surface area contributed by atoms with Crippen LogP contribution in [0.15, 0.2) is 47.8 Å². The third-order valence-corrected chi connectivity index (χ3v) is 7.18. The number of carbonyl (C=O) groups excluding carboxylic acids is 1. The maximum atomic E-state index is 13.6. The molecule has 0 unspecified atom stereocenters. The molecule has 2 aliphatic heterocycles. The van der Waals surface area contributed by atoms with Gasteiger partial charge in [-0.2, -0.15) is 10.4 Å². The van der Waals surface area contributed by atoms with E-state index in [0.29, 0.717) is 11.3 Å². The number of fused-ring (bicyclic) bond motifs is 3. The maximum Gasteiger partial charge on any atom is 0.195 e. The maximum absolute atomic E-state index is 13.6. The molecule has 0 aliphatic carbocycles. The van der Waals surface area contributed by atoms with Crippen molar-refractivity contribution in [1.82, 2.24) is 9.78 Å². The molecule has 2 aliphatic rings. The number of nitrogens with zero attached hydrogens (tertiary/aromatic N) is 4. The number of carbonyl (C=O) groups is 1. The van der Waals surface area contributed by atoms with Gasteiger partial charge in [0, 0.05) is 18.5 Å². The molecule has 1 fully saturated rings. The SMILES string of the molecule is Cc1nn(-c2ccccc2)c2c1C[C@](C#N)(C(=O)c1cccs1)[C@@H]1CCCCN21. The summed E-state index contributed by atoms with van der Waals surface area (Å²) in [7, 11) is 0. The van der Waals surface area contributed by atoms with Crippen LogP contribution in [0, 0.1) is 23.7 Å². The van der Waals surface area contributed by atoms with Crippen molar-refractivity contribution in [3.05, 3.63) is 64.0 Å². The highest BCUT2D eigenvalue weighted by molar-refractivity contribution is 7.12. The van der Waals surface area contributed by atoms with Gasteiger partial charge < -0.3 is 4.90 Å². The molecule has 2 atom stereocenters. The van der Waals surface area contributed by atoms with Crippen molar-refractivity contribution in [2.24, 2.45) is 5.41 Å². The number of thiophene rings is 1. The van der Waals surface area contributed by atoms with Crippen LogP contribution < -0.4 is 4.90 Å². The summed E-state index contributed by atoms with van der Waals surface area (Å²) in [4.78, 5) is 16.6. The molecule has 146 valence electrons. The molecular formula is C23H22N4OS. The molecule has 6 heteroatoms. The van der Waals surface area contributed by atoms with Crippen LogP contribution in [0.1, 0.15) is 40.2 Å². The molecule has 0 radical (unpaired) electrons. The van der Waals surface area contributed by atoms with E-state index < -0.39 is 5.41 Å². The van der Waals surface area contributed by atoms with Crippen molar-refractivity contribution < 1.29 is 4.79 Å². The van der Waals surface area contributed by atoms with Crippen LogP contribution in [0.25, 0.3) is 5.69 Å². The predicted molar refractivity (Wildman–Crippen MR) is 114 cm³/mol. The molecule has 29 heavy (non-hydrogen) atoms. The number of hydrogen-bond acceptors (Lipinski definition) is 5. The molecule has 1 aromatic carbocycles. The number of anilines is 1. The van der Waals surface area contributed by atoms with Crippen LogP contribution in [-0.2, 0) is 6.42 Å². The minimum Gasteiger partial charge on any atom is -0.351 e. The van der Waals surface area contributed by atoms with Gasteiger partial charge in [0.2, 0.25) is 0 Å². The Labute approximate surface area is 174 Å². The van der Waals surface area contributed by atoms with Crippen molar-refractivity contribution in [3.63, 3.8) is 0 Å². The van der Waals surface area contributed by atoms with E-state index >= 15 is 0 Å². The zero-order valence-corrected chi connectivity index (χ0v) is 17.2. The van der Waals surface area contributed by atoms with Crippen molar-refractivity contribution in [3.8, 4) is 11.8 Å². The first kappa shape index (κ1) is 18.1. The quantitative estimate of drug-likeness (QED) is 0.603. The van der Waals surface area contributed by atoms with Gasteiger partial charge in [0.1, 0.15) is 11.2 Å². The third kappa shape index (κ3) is 2.65. The second-order valence-corrected chi connectivity index (χ2v) is 8.85. The summed E-state index contributed by atoms with van der Waals surface area (Å²) in [6, 6.07) is 16.2. The lowest BCUT2D eigenvalue weighted by molar-refractivity contribution is 0.0803. The number of piperidine rings is 1. The lowest BCUT2D eigenvalue weighted by Gasteiger charge is -2.48. The van der Waals surface area contributed by atoms with E-state index in [-0.39, 0.29) is 11.8 Å². The van der Waals surface area contributed by atoms with Crippen molar-refractivity contribution in [2.75, 3.05) is 11.4 Å². The highest BCUT2D eigenvalue weighted by Gasteiger charge is 2.55. The average Bonchev–Trinajstić information content (AvgIpc) is 3.42. The lowest BCUT2D eigenvalue weighted by atomic mass is 9.67. The average molecular weight is 403 g/mol. The molecule has 0 spiro atoms. The number of Topliss-reactive ketones (excluding diaryl/α,β-unsaturated/α-hetero) is 1. The summed E-state index contributed by atoms with van der Waals surface area (Å²) >= 11 is 1.43. The second-order valence-electron chi connectivity index (χ2n) is 7.91. The molecule has 0 saturated carbocycles. The summed E-state index contributed by atoms with van der Waals surface area (Å²) < 4.78 is 2.00. The smallest absolute Gasteiger partial charge is 0.195 e. The second kappa shape index (κ2) is 6.85. The van der Waals surface area contributed by atoms with E-state index in [9.17, 15) is 10.1 Å². The summed E-state index contributed by atoms with van der Waals surface area (Å²) in [5, 5.41) is 17.1. The first-order chi connectivity index (χ1) is 14.2. The fourth-order valence-electron chi connectivity index (χ4n) is 4.92. The van der Waals surface area contributed by atoms with E-state index in [0.717, 1.165) is 48.6 Å². The summed E-state index contributed by atoms with van der Waals surface area (Å²) in [6.45, 7) is 2.83. The molecule has 4 heterocycles. The molecule has 5 rings (SSSR count). The number of benzene rings is 1. The third-order valence-electron chi connectivity index (χ3n) is 6.31. The highest BCUT2D eigenvalue weighted by Crippen LogP contribution is 2.48. The zero-order chi connectivity index (χ0) is 20.0. The summed E-state index contributed by atoms with van der Waals surface area (Å²) in [6.07, 6.45) is 3.37. The van der Waals surface area contributed by atoms with Gasteiger partial charge in [-0.15, -0.1) is 11.3 Å².